The van der Waals surface area contributed by atoms with Gasteiger partial charge < -0.3 is 14.1 Å². The molecule has 1 saturated heterocycles. The van der Waals surface area contributed by atoms with Crippen LogP contribution in [0.5, 0.6) is 0 Å². The van der Waals surface area contributed by atoms with Gasteiger partial charge in [0.25, 0.3) is 5.91 Å². The maximum atomic E-state index is 12.5. The minimum absolute atomic E-state index is 0.0132. The number of hydrogen-bond donors (Lipinski definition) is 0. The van der Waals surface area contributed by atoms with Crippen LogP contribution in [0.3, 0.4) is 0 Å². The van der Waals surface area contributed by atoms with Gasteiger partial charge in [-0.2, -0.15) is 0 Å². The van der Waals surface area contributed by atoms with E-state index in [1.165, 1.54) is 0 Å². The highest BCUT2D eigenvalue weighted by atomic mass is 16.5. The van der Waals surface area contributed by atoms with Gasteiger partial charge in [0.2, 0.25) is 0 Å². The zero-order chi connectivity index (χ0) is 16.5. The molecule has 4 rings (SSSR count). The number of benzene rings is 1. The van der Waals surface area contributed by atoms with Crippen LogP contribution in [0.4, 0.5) is 0 Å². The first-order valence-electron chi connectivity index (χ1n) is 7.99. The van der Waals surface area contributed by atoms with Gasteiger partial charge >= 0.3 is 0 Å². The number of rotatable bonds is 5. The summed E-state index contributed by atoms with van der Waals surface area (Å²) in [6.07, 6.45) is 3.51. The summed E-state index contributed by atoms with van der Waals surface area (Å²) in [7, 11) is 0. The summed E-state index contributed by atoms with van der Waals surface area (Å²) in [5.74, 6) is 0.0132. The molecule has 0 aliphatic carbocycles. The third-order valence-corrected chi connectivity index (χ3v) is 4.24. The predicted molar refractivity (Wildman–Crippen MR) is 86.5 cm³/mol. The Labute approximate surface area is 138 Å². The van der Waals surface area contributed by atoms with E-state index in [1.807, 2.05) is 36.0 Å². The molecule has 0 saturated carbocycles. The van der Waals surface area contributed by atoms with E-state index in [1.54, 1.807) is 17.2 Å². The van der Waals surface area contributed by atoms with Crippen molar-refractivity contribution in [1.82, 2.24) is 19.9 Å². The van der Waals surface area contributed by atoms with Crippen molar-refractivity contribution >= 4 is 16.9 Å². The van der Waals surface area contributed by atoms with Crippen molar-refractivity contribution in [1.29, 1.82) is 0 Å². The Morgan fingerprint density at radius 2 is 2.25 bits per heavy atom. The van der Waals surface area contributed by atoms with E-state index in [9.17, 15) is 4.79 Å². The number of hydrogen-bond acceptors (Lipinski definition) is 5. The number of carbonyl (C=O) groups excluding carboxylic acids is 1. The zero-order valence-corrected chi connectivity index (χ0v) is 13.4. The average Bonchev–Trinajstić information content (AvgIpc) is 3.19. The summed E-state index contributed by atoms with van der Waals surface area (Å²) in [6.45, 7) is 4.33. The van der Waals surface area contributed by atoms with Gasteiger partial charge in [-0.1, -0.05) is 11.3 Å². The molecule has 3 heterocycles. The monoisotopic (exact) mass is 326 g/mol. The Morgan fingerprint density at radius 3 is 3.08 bits per heavy atom. The van der Waals surface area contributed by atoms with Gasteiger partial charge in [0.1, 0.15) is 11.3 Å². The molecular formula is C17H18N4O3. The van der Waals surface area contributed by atoms with E-state index >= 15 is 0 Å². The van der Waals surface area contributed by atoms with Gasteiger partial charge in [-0.05, 0) is 25.1 Å². The van der Waals surface area contributed by atoms with Crippen LogP contribution in [0.25, 0.3) is 11.0 Å². The number of likely N-dealkylation sites (tertiary alicyclic amines) is 1. The molecule has 0 radical (unpaired) electrons. The summed E-state index contributed by atoms with van der Waals surface area (Å²) in [5.41, 5.74) is 2.19. The van der Waals surface area contributed by atoms with E-state index in [0.717, 1.165) is 16.7 Å². The third-order valence-electron chi connectivity index (χ3n) is 4.24. The molecule has 3 aromatic rings. The quantitative estimate of drug-likeness (QED) is 0.719. The Morgan fingerprint density at radius 1 is 1.38 bits per heavy atom. The normalized spacial score (nSPS) is 15.0. The van der Waals surface area contributed by atoms with Crippen molar-refractivity contribution < 1.29 is 13.9 Å². The molecule has 1 amide bonds. The van der Waals surface area contributed by atoms with E-state index in [2.05, 4.69) is 10.3 Å². The number of furan rings is 1. The standard InChI is InChI=1S/C17H18N4O3/c1-2-23-11-14-8-21(19-18-14)15-9-20(10-15)17(22)13-4-3-12-5-6-24-16(12)7-13/h3-8,15H,2,9-11H2,1H3. The first-order chi connectivity index (χ1) is 11.7. The lowest BCUT2D eigenvalue weighted by Gasteiger charge is -2.38. The van der Waals surface area contributed by atoms with Crippen LogP contribution >= 0.6 is 0 Å². The van der Waals surface area contributed by atoms with Crippen LogP contribution in [0.1, 0.15) is 29.0 Å². The maximum absolute atomic E-state index is 12.5. The highest BCUT2D eigenvalue weighted by Crippen LogP contribution is 2.24. The molecule has 1 aliphatic rings. The molecule has 1 aliphatic heterocycles. The molecule has 0 N–H and O–H groups in total. The van der Waals surface area contributed by atoms with E-state index in [-0.39, 0.29) is 11.9 Å². The summed E-state index contributed by atoms with van der Waals surface area (Å²) < 4.78 is 12.5. The third kappa shape index (κ3) is 2.67. The summed E-state index contributed by atoms with van der Waals surface area (Å²) >= 11 is 0. The SMILES string of the molecule is CCOCc1cn(C2CN(C(=O)c3ccc4ccoc4c3)C2)nn1. The zero-order valence-electron chi connectivity index (χ0n) is 13.4. The molecule has 7 heteroatoms. The largest absolute Gasteiger partial charge is 0.464 e. The minimum Gasteiger partial charge on any atom is -0.464 e. The number of carbonyl (C=O) groups is 1. The number of fused-ring (bicyclic) bond motifs is 1. The maximum Gasteiger partial charge on any atom is 0.254 e. The van der Waals surface area contributed by atoms with Crippen molar-refractivity contribution in [3.8, 4) is 0 Å². The number of aromatic nitrogens is 3. The topological polar surface area (TPSA) is 73.4 Å². The van der Waals surface area contributed by atoms with Gasteiger partial charge in [0.15, 0.2) is 0 Å². The molecule has 2 aromatic heterocycles. The molecular weight excluding hydrogens is 308 g/mol. The van der Waals surface area contributed by atoms with Crippen molar-refractivity contribution in [3.63, 3.8) is 0 Å². The molecule has 1 fully saturated rings. The fourth-order valence-electron chi connectivity index (χ4n) is 2.82. The Kier molecular flexibility index (Phi) is 3.78. The van der Waals surface area contributed by atoms with Crippen LogP contribution in [-0.2, 0) is 11.3 Å². The number of amides is 1. The average molecular weight is 326 g/mol. The molecule has 0 atom stereocenters. The van der Waals surface area contributed by atoms with Crippen molar-refractivity contribution in [2.24, 2.45) is 0 Å². The Hall–Kier alpha value is -2.67. The van der Waals surface area contributed by atoms with Gasteiger partial charge in [0.05, 0.1) is 25.1 Å². The highest BCUT2D eigenvalue weighted by molar-refractivity contribution is 5.97. The summed E-state index contributed by atoms with van der Waals surface area (Å²) in [6, 6.07) is 7.59. The minimum atomic E-state index is 0.0132. The molecule has 0 unspecified atom stereocenters. The fraction of sp³-hybridized carbons (Fsp3) is 0.353. The first-order valence-corrected chi connectivity index (χ1v) is 7.99. The van der Waals surface area contributed by atoms with Gasteiger partial charge in [-0.15, -0.1) is 5.10 Å². The smallest absolute Gasteiger partial charge is 0.254 e. The summed E-state index contributed by atoms with van der Waals surface area (Å²) in [5, 5.41) is 9.21. The van der Waals surface area contributed by atoms with Gasteiger partial charge in [0, 0.05) is 30.6 Å². The number of ether oxygens (including phenoxy) is 1. The molecule has 0 bridgehead atoms. The van der Waals surface area contributed by atoms with Crippen molar-refractivity contribution in [2.75, 3.05) is 19.7 Å². The lowest BCUT2D eigenvalue weighted by atomic mass is 10.1. The Bertz CT molecular complexity index is 863. The second kappa shape index (κ2) is 6.09. The molecule has 7 nitrogen and oxygen atoms in total. The van der Waals surface area contributed by atoms with E-state index in [0.29, 0.717) is 31.9 Å². The van der Waals surface area contributed by atoms with E-state index in [4.69, 9.17) is 9.15 Å². The lowest BCUT2D eigenvalue weighted by molar-refractivity contribution is 0.0498. The van der Waals surface area contributed by atoms with Gasteiger partial charge in [-0.3, -0.25) is 4.79 Å². The Balaban J connectivity index is 1.39. The van der Waals surface area contributed by atoms with E-state index < -0.39 is 0 Å². The first kappa shape index (κ1) is 14.9. The van der Waals surface area contributed by atoms with Crippen LogP contribution in [-0.4, -0.2) is 45.5 Å². The lowest BCUT2D eigenvalue weighted by Crippen LogP contribution is -2.50. The molecule has 124 valence electrons. The fourth-order valence-corrected chi connectivity index (χ4v) is 2.82. The molecule has 1 aromatic carbocycles. The van der Waals surface area contributed by atoms with Crippen molar-refractivity contribution in [3.05, 3.63) is 48.0 Å². The van der Waals surface area contributed by atoms with Crippen LogP contribution < -0.4 is 0 Å². The predicted octanol–water partition coefficient (Wildman–Crippen LogP) is 2.26. The second-order valence-electron chi connectivity index (χ2n) is 5.86. The second-order valence-corrected chi connectivity index (χ2v) is 5.86. The van der Waals surface area contributed by atoms with Crippen LogP contribution in [0.2, 0.25) is 0 Å². The van der Waals surface area contributed by atoms with Crippen molar-refractivity contribution in [2.45, 2.75) is 19.6 Å². The summed E-state index contributed by atoms with van der Waals surface area (Å²) in [4.78, 5) is 14.3. The van der Waals surface area contributed by atoms with Crippen LogP contribution in [0.15, 0.2) is 41.1 Å². The molecule has 24 heavy (non-hydrogen) atoms. The van der Waals surface area contributed by atoms with Gasteiger partial charge in [-0.25, -0.2) is 4.68 Å². The highest BCUT2D eigenvalue weighted by Gasteiger charge is 2.33. The van der Waals surface area contributed by atoms with Crippen LogP contribution in [0, 0.1) is 0 Å². The molecule has 0 spiro atoms. The number of nitrogens with zero attached hydrogens (tertiary/aromatic N) is 4.